The number of halogens is 3. The molecule has 0 aliphatic rings. The van der Waals surface area contributed by atoms with Gasteiger partial charge in [-0.1, -0.05) is 19.1 Å². The number of rotatable bonds is 8. The lowest BCUT2D eigenvalue weighted by Gasteiger charge is -2.10. The maximum atomic E-state index is 11.7. The van der Waals surface area contributed by atoms with E-state index in [2.05, 4.69) is 17.0 Å². The first-order valence-corrected chi connectivity index (χ1v) is 6.14. The average molecular weight is 277 g/mol. The van der Waals surface area contributed by atoms with E-state index in [1.807, 2.05) is 12.1 Å². The summed E-state index contributed by atoms with van der Waals surface area (Å²) in [6, 6.07) is 7.25. The molecule has 3 nitrogen and oxygen atoms in total. The molecule has 1 aromatic carbocycles. The van der Waals surface area contributed by atoms with Crippen molar-refractivity contribution in [3.63, 3.8) is 0 Å². The number of alkyl halides is 3. The summed E-state index contributed by atoms with van der Waals surface area (Å²) >= 11 is 0. The number of nitrogens with one attached hydrogen (secondary N) is 1. The van der Waals surface area contributed by atoms with Crippen LogP contribution in [0, 0.1) is 0 Å². The van der Waals surface area contributed by atoms with Crippen LogP contribution in [0.25, 0.3) is 0 Å². The van der Waals surface area contributed by atoms with Crippen LogP contribution < -0.4 is 10.1 Å². The molecular formula is C13H18F3NO2. The molecule has 108 valence electrons. The zero-order valence-electron chi connectivity index (χ0n) is 10.8. The van der Waals surface area contributed by atoms with Crippen LogP contribution in [0.5, 0.6) is 5.75 Å². The van der Waals surface area contributed by atoms with E-state index in [4.69, 9.17) is 4.74 Å². The van der Waals surface area contributed by atoms with Gasteiger partial charge in [-0.3, -0.25) is 4.74 Å². The fourth-order valence-corrected chi connectivity index (χ4v) is 1.47. The van der Waals surface area contributed by atoms with E-state index in [1.54, 1.807) is 12.1 Å². The highest BCUT2D eigenvalue weighted by atomic mass is 19.4. The number of ether oxygens (including phenoxy) is 2. The van der Waals surface area contributed by atoms with Crippen molar-refractivity contribution in [1.82, 2.24) is 5.32 Å². The molecule has 0 unspecified atom stereocenters. The van der Waals surface area contributed by atoms with Gasteiger partial charge >= 0.3 is 6.36 Å². The Kier molecular flexibility index (Phi) is 6.66. The summed E-state index contributed by atoms with van der Waals surface area (Å²) < 4.78 is 44.0. The minimum Gasteiger partial charge on any atom is -0.491 e. The van der Waals surface area contributed by atoms with E-state index in [0.29, 0.717) is 12.3 Å². The highest BCUT2D eigenvalue weighted by Crippen LogP contribution is 2.16. The van der Waals surface area contributed by atoms with Crippen LogP contribution in [0.1, 0.15) is 18.9 Å². The first-order valence-electron chi connectivity index (χ1n) is 6.14. The van der Waals surface area contributed by atoms with Crippen molar-refractivity contribution >= 4 is 0 Å². The highest BCUT2D eigenvalue weighted by Gasteiger charge is 2.28. The van der Waals surface area contributed by atoms with Crippen molar-refractivity contribution in [2.75, 3.05) is 19.8 Å². The van der Waals surface area contributed by atoms with Crippen LogP contribution in [0.4, 0.5) is 13.2 Å². The van der Waals surface area contributed by atoms with Crippen molar-refractivity contribution < 1.29 is 22.6 Å². The van der Waals surface area contributed by atoms with Crippen LogP contribution in [0.2, 0.25) is 0 Å². The van der Waals surface area contributed by atoms with Crippen molar-refractivity contribution in [3.05, 3.63) is 29.8 Å². The summed E-state index contributed by atoms with van der Waals surface area (Å²) in [7, 11) is 0. The summed E-state index contributed by atoms with van der Waals surface area (Å²) in [5.74, 6) is 0.543. The van der Waals surface area contributed by atoms with Gasteiger partial charge in [-0.05, 0) is 30.7 Å². The Morgan fingerprint density at radius 2 is 2.00 bits per heavy atom. The standard InChI is InChI=1S/C13H18F3NO2/c1-2-6-17-10-11-4-3-5-12(9-11)18-7-8-19-13(14,15)16/h3-5,9,17H,2,6-8,10H2,1H3. The van der Waals surface area contributed by atoms with Gasteiger partial charge < -0.3 is 10.1 Å². The monoisotopic (exact) mass is 277 g/mol. The van der Waals surface area contributed by atoms with Crippen LogP contribution in [-0.4, -0.2) is 26.1 Å². The molecule has 0 heterocycles. The summed E-state index contributed by atoms with van der Waals surface area (Å²) in [5.41, 5.74) is 1.03. The highest BCUT2D eigenvalue weighted by molar-refractivity contribution is 5.28. The fourth-order valence-electron chi connectivity index (χ4n) is 1.47. The molecule has 0 amide bonds. The molecule has 0 aliphatic heterocycles. The second-order valence-electron chi connectivity index (χ2n) is 3.97. The largest absolute Gasteiger partial charge is 0.522 e. The predicted molar refractivity (Wildman–Crippen MR) is 65.9 cm³/mol. The smallest absolute Gasteiger partial charge is 0.491 e. The molecular weight excluding hydrogens is 259 g/mol. The molecule has 1 aromatic rings. The fraction of sp³-hybridized carbons (Fsp3) is 0.538. The summed E-state index contributed by atoms with van der Waals surface area (Å²) in [4.78, 5) is 0. The van der Waals surface area contributed by atoms with E-state index in [1.165, 1.54) is 0 Å². The predicted octanol–water partition coefficient (Wildman–Crippen LogP) is 3.10. The summed E-state index contributed by atoms with van der Waals surface area (Å²) in [6.07, 6.45) is -3.56. The van der Waals surface area contributed by atoms with E-state index in [0.717, 1.165) is 18.5 Å². The van der Waals surface area contributed by atoms with Gasteiger partial charge in [-0.15, -0.1) is 13.2 Å². The third kappa shape index (κ3) is 7.69. The number of benzene rings is 1. The van der Waals surface area contributed by atoms with E-state index in [-0.39, 0.29) is 6.61 Å². The van der Waals surface area contributed by atoms with Gasteiger partial charge in [-0.2, -0.15) is 0 Å². The SMILES string of the molecule is CCCNCc1cccc(OCCOC(F)(F)F)c1. The van der Waals surface area contributed by atoms with Gasteiger partial charge in [0.25, 0.3) is 0 Å². The van der Waals surface area contributed by atoms with Crippen LogP contribution >= 0.6 is 0 Å². The molecule has 0 radical (unpaired) electrons. The molecule has 1 rings (SSSR count). The topological polar surface area (TPSA) is 30.5 Å². The molecule has 6 heteroatoms. The number of hydrogen-bond acceptors (Lipinski definition) is 3. The van der Waals surface area contributed by atoms with Gasteiger partial charge in [-0.25, -0.2) is 0 Å². The number of hydrogen-bond donors (Lipinski definition) is 1. The van der Waals surface area contributed by atoms with Gasteiger partial charge in [0.15, 0.2) is 0 Å². The molecule has 0 saturated carbocycles. The molecule has 1 N–H and O–H groups in total. The van der Waals surface area contributed by atoms with Crippen LogP contribution in [-0.2, 0) is 11.3 Å². The Balaban J connectivity index is 2.31. The zero-order valence-corrected chi connectivity index (χ0v) is 10.8. The molecule has 0 spiro atoms. The average Bonchev–Trinajstić information content (AvgIpc) is 2.35. The first kappa shape index (κ1) is 15.8. The molecule has 0 atom stereocenters. The van der Waals surface area contributed by atoms with Crippen molar-refractivity contribution in [2.45, 2.75) is 26.3 Å². The van der Waals surface area contributed by atoms with Gasteiger partial charge in [0, 0.05) is 6.54 Å². The Labute approximate surface area is 110 Å². The Bertz CT molecular complexity index is 369. The molecule has 0 saturated heterocycles. The summed E-state index contributed by atoms with van der Waals surface area (Å²) in [6.45, 7) is 3.06. The third-order valence-corrected chi connectivity index (χ3v) is 2.27. The Hall–Kier alpha value is -1.27. The maximum Gasteiger partial charge on any atom is 0.522 e. The lowest BCUT2D eigenvalue weighted by Crippen LogP contribution is -2.18. The van der Waals surface area contributed by atoms with Gasteiger partial charge in [0.1, 0.15) is 12.4 Å². The summed E-state index contributed by atoms with van der Waals surface area (Å²) in [5, 5.41) is 3.24. The molecule has 0 aliphatic carbocycles. The lowest BCUT2D eigenvalue weighted by atomic mass is 10.2. The molecule has 0 aromatic heterocycles. The quantitative estimate of drug-likeness (QED) is 0.741. The van der Waals surface area contributed by atoms with E-state index in [9.17, 15) is 13.2 Å². The van der Waals surface area contributed by atoms with Crippen LogP contribution in [0.15, 0.2) is 24.3 Å². The minimum absolute atomic E-state index is 0.134. The molecule has 0 bridgehead atoms. The van der Waals surface area contributed by atoms with Gasteiger partial charge in [0.2, 0.25) is 0 Å². The maximum absolute atomic E-state index is 11.7. The molecule has 0 fully saturated rings. The Morgan fingerprint density at radius 3 is 2.68 bits per heavy atom. The third-order valence-electron chi connectivity index (χ3n) is 2.27. The normalized spacial score (nSPS) is 11.6. The zero-order chi connectivity index (χ0) is 14.1. The van der Waals surface area contributed by atoms with Crippen molar-refractivity contribution in [3.8, 4) is 5.75 Å². The molecule has 19 heavy (non-hydrogen) atoms. The van der Waals surface area contributed by atoms with Crippen molar-refractivity contribution in [1.29, 1.82) is 0 Å². The first-order chi connectivity index (χ1) is 9.01. The second kappa shape index (κ2) is 8.01. The van der Waals surface area contributed by atoms with Crippen LogP contribution in [0.3, 0.4) is 0 Å². The van der Waals surface area contributed by atoms with E-state index >= 15 is 0 Å². The lowest BCUT2D eigenvalue weighted by molar-refractivity contribution is -0.325. The Morgan fingerprint density at radius 1 is 1.21 bits per heavy atom. The van der Waals surface area contributed by atoms with E-state index < -0.39 is 13.0 Å². The van der Waals surface area contributed by atoms with Gasteiger partial charge in [0.05, 0.1) is 6.61 Å². The minimum atomic E-state index is -4.60. The second-order valence-corrected chi connectivity index (χ2v) is 3.97. The van der Waals surface area contributed by atoms with Crippen molar-refractivity contribution in [2.24, 2.45) is 0 Å².